The number of anilines is 1. The van der Waals surface area contributed by atoms with Crippen molar-refractivity contribution in [3.8, 4) is 0 Å². The Morgan fingerprint density at radius 3 is 2.61 bits per heavy atom. The maximum absolute atomic E-state index is 10.9. The Morgan fingerprint density at radius 1 is 1.44 bits per heavy atom. The molecule has 0 aliphatic carbocycles. The minimum atomic E-state index is -1.09. The molecule has 1 amide bonds. The largest absolute Gasteiger partial charge is 0.480 e. The SMILES string of the molecule is CC(=O)NC(CNc1c(C)cccc1Cl)C(=O)O. The molecule has 1 unspecified atom stereocenters. The van der Waals surface area contributed by atoms with Gasteiger partial charge in [0, 0.05) is 13.5 Å². The zero-order valence-corrected chi connectivity index (χ0v) is 10.9. The third-order valence-corrected chi connectivity index (χ3v) is 2.70. The average Bonchev–Trinajstić information content (AvgIpc) is 2.26. The van der Waals surface area contributed by atoms with E-state index >= 15 is 0 Å². The van der Waals surface area contributed by atoms with Crippen LogP contribution in [0, 0.1) is 6.92 Å². The number of aliphatic carboxylic acids is 1. The van der Waals surface area contributed by atoms with Gasteiger partial charge in [0.15, 0.2) is 0 Å². The van der Waals surface area contributed by atoms with E-state index in [1.807, 2.05) is 19.1 Å². The average molecular weight is 271 g/mol. The van der Waals surface area contributed by atoms with Gasteiger partial charge in [0.05, 0.1) is 10.7 Å². The second-order valence-electron chi connectivity index (χ2n) is 3.90. The Morgan fingerprint density at radius 2 is 2.11 bits per heavy atom. The fourth-order valence-corrected chi connectivity index (χ4v) is 1.79. The summed E-state index contributed by atoms with van der Waals surface area (Å²) in [5, 5.41) is 14.8. The molecule has 5 nitrogen and oxygen atoms in total. The molecule has 98 valence electrons. The molecule has 0 aromatic heterocycles. The Bertz CT molecular complexity index is 442. The van der Waals surface area contributed by atoms with Crippen molar-refractivity contribution in [2.75, 3.05) is 11.9 Å². The fraction of sp³-hybridized carbons (Fsp3) is 0.333. The molecule has 6 heteroatoms. The number of carbonyl (C=O) groups excluding carboxylic acids is 1. The van der Waals surface area contributed by atoms with Crippen LogP contribution in [0.3, 0.4) is 0 Å². The van der Waals surface area contributed by atoms with E-state index in [0.717, 1.165) is 5.56 Å². The number of hydrogen-bond acceptors (Lipinski definition) is 3. The number of halogens is 1. The van der Waals surface area contributed by atoms with Crippen LogP contribution in [0.5, 0.6) is 0 Å². The summed E-state index contributed by atoms with van der Waals surface area (Å²) in [6.07, 6.45) is 0. The van der Waals surface area contributed by atoms with E-state index in [2.05, 4.69) is 10.6 Å². The highest BCUT2D eigenvalue weighted by atomic mass is 35.5. The zero-order valence-electron chi connectivity index (χ0n) is 10.2. The highest BCUT2D eigenvalue weighted by molar-refractivity contribution is 6.33. The van der Waals surface area contributed by atoms with Gasteiger partial charge in [0.2, 0.25) is 5.91 Å². The predicted molar refractivity (Wildman–Crippen MR) is 69.9 cm³/mol. The van der Waals surface area contributed by atoms with Crippen LogP contribution < -0.4 is 10.6 Å². The molecule has 1 aromatic rings. The van der Waals surface area contributed by atoms with E-state index in [-0.39, 0.29) is 12.5 Å². The molecule has 0 aliphatic rings. The number of carbonyl (C=O) groups is 2. The summed E-state index contributed by atoms with van der Waals surface area (Å²) in [6.45, 7) is 3.21. The van der Waals surface area contributed by atoms with Crippen molar-refractivity contribution in [1.82, 2.24) is 5.32 Å². The van der Waals surface area contributed by atoms with Crippen LogP contribution in [0.1, 0.15) is 12.5 Å². The van der Waals surface area contributed by atoms with Crippen molar-refractivity contribution >= 4 is 29.2 Å². The fourth-order valence-electron chi connectivity index (χ4n) is 1.51. The van der Waals surface area contributed by atoms with E-state index in [4.69, 9.17) is 16.7 Å². The lowest BCUT2D eigenvalue weighted by atomic mass is 10.2. The first-order chi connectivity index (χ1) is 8.41. The quantitative estimate of drug-likeness (QED) is 0.760. The Balaban J connectivity index is 2.73. The van der Waals surface area contributed by atoms with Gasteiger partial charge in [0.25, 0.3) is 0 Å². The molecule has 0 fully saturated rings. The molecule has 0 spiro atoms. The lowest BCUT2D eigenvalue weighted by Gasteiger charge is -2.17. The lowest BCUT2D eigenvalue weighted by Crippen LogP contribution is -2.44. The molecule has 0 aliphatic heterocycles. The van der Waals surface area contributed by atoms with E-state index in [1.54, 1.807) is 6.07 Å². The van der Waals surface area contributed by atoms with Gasteiger partial charge >= 0.3 is 5.97 Å². The molecule has 1 aromatic carbocycles. The molecule has 0 saturated carbocycles. The summed E-state index contributed by atoms with van der Waals surface area (Å²) < 4.78 is 0. The van der Waals surface area contributed by atoms with Gasteiger partial charge < -0.3 is 15.7 Å². The van der Waals surface area contributed by atoms with Crippen LogP contribution in [0.15, 0.2) is 18.2 Å². The van der Waals surface area contributed by atoms with Gasteiger partial charge in [0.1, 0.15) is 6.04 Å². The molecule has 1 rings (SSSR count). The Kier molecular flexibility index (Phi) is 4.97. The van der Waals surface area contributed by atoms with Crippen LogP contribution in [-0.2, 0) is 9.59 Å². The van der Waals surface area contributed by atoms with E-state index in [0.29, 0.717) is 10.7 Å². The van der Waals surface area contributed by atoms with Crippen LogP contribution in [0.25, 0.3) is 0 Å². The summed E-state index contributed by atoms with van der Waals surface area (Å²) in [5.41, 5.74) is 1.59. The maximum atomic E-state index is 10.9. The smallest absolute Gasteiger partial charge is 0.328 e. The molecule has 3 N–H and O–H groups in total. The molecule has 0 heterocycles. The lowest BCUT2D eigenvalue weighted by molar-refractivity contribution is -0.141. The van der Waals surface area contributed by atoms with Gasteiger partial charge in [-0.2, -0.15) is 0 Å². The number of carboxylic acids is 1. The van der Waals surface area contributed by atoms with Crippen LogP contribution in [-0.4, -0.2) is 29.6 Å². The molecular formula is C12H15ClN2O3. The van der Waals surface area contributed by atoms with Gasteiger partial charge in [-0.3, -0.25) is 4.79 Å². The number of amides is 1. The third kappa shape index (κ3) is 3.92. The number of hydrogen-bond donors (Lipinski definition) is 3. The van der Waals surface area contributed by atoms with Crippen LogP contribution in [0.4, 0.5) is 5.69 Å². The van der Waals surface area contributed by atoms with Crippen molar-refractivity contribution in [2.24, 2.45) is 0 Å². The van der Waals surface area contributed by atoms with Crippen molar-refractivity contribution in [2.45, 2.75) is 19.9 Å². The second kappa shape index (κ2) is 6.26. The minimum absolute atomic E-state index is 0.0689. The number of benzene rings is 1. The number of para-hydroxylation sites is 1. The van der Waals surface area contributed by atoms with E-state index in [9.17, 15) is 9.59 Å². The summed E-state index contributed by atoms with van der Waals surface area (Å²) >= 11 is 6.00. The number of rotatable bonds is 5. The maximum Gasteiger partial charge on any atom is 0.328 e. The highest BCUT2D eigenvalue weighted by Gasteiger charge is 2.18. The summed E-state index contributed by atoms with van der Waals surface area (Å²) in [5.74, 6) is -1.48. The first-order valence-electron chi connectivity index (χ1n) is 5.40. The number of carboxylic acid groups (broad SMARTS) is 1. The molecule has 0 radical (unpaired) electrons. The highest BCUT2D eigenvalue weighted by Crippen LogP contribution is 2.24. The number of aryl methyl sites for hydroxylation is 1. The van der Waals surface area contributed by atoms with Gasteiger partial charge in [-0.05, 0) is 18.6 Å². The monoisotopic (exact) mass is 270 g/mol. The minimum Gasteiger partial charge on any atom is -0.480 e. The van der Waals surface area contributed by atoms with E-state index in [1.165, 1.54) is 6.92 Å². The predicted octanol–water partition coefficient (Wildman–Crippen LogP) is 1.65. The number of nitrogens with one attached hydrogen (secondary N) is 2. The summed E-state index contributed by atoms with van der Waals surface area (Å²) in [6, 6.07) is 4.40. The second-order valence-corrected chi connectivity index (χ2v) is 4.31. The van der Waals surface area contributed by atoms with Crippen molar-refractivity contribution < 1.29 is 14.7 Å². The zero-order chi connectivity index (χ0) is 13.7. The van der Waals surface area contributed by atoms with Gasteiger partial charge in [-0.25, -0.2) is 4.79 Å². The van der Waals surface area contributed by atoms with Crippen molar-refractivity contribution in [1.29, 1.82) is 0 Å². The Hall–Kier alpha value is -1.75. The third-order valence-electron chi connectivity index (χ3n) is 2.38. The van der Waals surface area contributed by atoms with Crippen molar-refractivity contribution in [3.63, 3.8) is 0 Å². The Labute approximate surface area is 110 Å². The molecule has 18 heavy (non-hydrogen) atoms. The van der Waals surface area contributed by atoms with Crippen LogP contribution >= 0.6 is 11.6 Å². The first kappa shape index (κ1) is 14.3. The molecule has 1 atom stereocenters. The summed E-state index contributed by atoms with van der Waals surface area (Å²) in [4.78, 5) is 21.8. The van der Waals surface area contributed by atoms with Gasteiger partial charge in [-0.15, -0.1) is 0 Å². The molecule has 0 bridgehead atoms. The van der Waals surface area contributed by atoms with Crippen LogP contribution in [0.2, 0.25) is 5.02 Å². The summed E-state index contributed by atoms with van der Waals surface area (Å²) in [7, 11) is 0. The van der Waals surface area contributed by atoms with E-state index < -0.39 is 12.0 Å². The van der Waals surface area contributed by atoms with Crippen molar-refractivity contribution in [3.05, 3.63) is 28.8 Å². The molecular weight excluding hydrogens is 256 g/mol. The standard InChI is InChI=1S/C12H15ClN2O3/c1-7-4-3-5-9(13)11(7)14-6-10(12(17)18)15-8(2)16/h3-5,10,14H,6H2,1-2H3,(H,15,16)(H,17,18). The normalized spacial score (nSPS) is 11.7. The first-order valence-corrected chi connectivity index (χ1v) is 5.78. The van der Waals surface area contributed by atoms with Gasteiger partial charge in [-0.1, -0.05) is 23.7 Å². The topological polar surface area (TPSA) is 78.4 Å². The molecule has 0 saturated heterocycles.